The van der Waals surface area contributed by atoms with Crippen molar-refractivity contribution in [3.05, 3.63) is 138 Å². The number of aromatic hydroxyl groups is 4. The Hall–Kier alpha value is -14.6. The Balaban J connectivity index is 1.47. The maximum atomic E-state index is 15.4. The van der Waals surface area contributed by atoms with Gasteiger partial charge in [-0.25, -0.2) is 4.98 Å². The van der Waals surface area contributed by atoms with Crippen molar-refractivity contribution in [3.8, 4) is 23.0 Å². The number of rotatable bonds is 29. The maximum absolute atomic E-state index is 15.4. The summed E-state index contributed by atoms with van der Waals surface area (Å²) in [6.07, 6.45) is -2.23. The zero-order chi connectivity index (χ0) is 98.1. The maximum Gasteiger partial charge on any atom is 0.303 e. The molecule has 1 saturated heterocycles. The van der Waals surface area contributed by atoms with Gasteiger partial charge in [0.25, 0.3) is 0 Å². The molecular formula is C87H120N22O23S. The molecule has 133 heavy (non-hydrogen) atoms. The fourth-order valence-corrected chi connectivity index (χ4v) is 14.5. The summed E-state index contributed by atoms with van der Waals surface area (Å²) < 4.78 is 0. The van der Waals surface area contributed by atoms with Crippen LogP contribution in [0.2, 0.25) is 0 Å². The molecule has 0 bridgehead atoms. The first-order chi connectivity index (χ1) is 63.0. The summed E-state index contributed by atoms with van der Waals surface area (Å²) >= 11 is 0.707. The molecular weight excluding hydrogens is 1750 g/mol. The number of phenols is 4. The van der Waals surface area contributed by atoms with Crippen LogP contribution in [-0.2, 0) is 118 Å². The second-order valence-corrected chi connectivity index (χ2v) is 33.8. The molecule has 1 aliphatic rings. The summed E-state index contributed by atoms with van der Waals surface area (Å²) in [5, 5.41) is 99.4. The number of guanidine groups is 1. The molecule has 0 unspecified atom stereocenters. The average molecular weight is 1870 g/mol. The van der Waals surface area contributed by atoms with Gasteiger partial charge in [0.1, 0.15) is 95.5 Å². The predicted octanol–water partition coefficient (Wildman–Crippen LogP) is -4.32. The van der Waals surface area contributed by atoms with Crippen LogP contribution in [0.5, 0.6) is 23.0 Å². The number of hydrogen-bond acceptors (Lipinski definition) is 25. The van der Waals surface area contributed by atoms with Gasteiger partial charge in [-0.2, -0.15) is 0 Å². The van der Waals surface area contributed by atoms with Gasteiger partial charge in [-0.05, 0) is 127 Å². The van der Waals surface area contributed by atoms with E-state index in [1.807, 2.05) is 0 Å². The number of benzene rings is 4. The van der Waals surface area contributed by atoms with Crippen molar-refractivity contribution < 1.29 is 112 Å². The van der Waals surface area contributed by atoms with E-state index >= 15 is 28.8 Å². The Bertz CT molecular complexity index is 4860. The monoisotopic (exact) mass is 1870 g/mol. The van der Waals surface area contributed by atoms with Gasteiger partial charge in [-0.15, -0.1) is 11.8 Å². The number of carboxylic acid groups (broad SMARTS) is 1. The van der Waals surface area contributed by atoms with Gasteiger partial charge in [0.05, 0.1) is 37.4 Å². The van der Waals surface area contributed by atoms with Crippen LogP contribution in [0.25, 0.3) is 0 Å². The highest BCUT2D eigenvalue weighted by molar-refractivity contribution is 8.00. The Kier molecular flexibility index (Phi) is 43.6. The number of imidazole rings is 1. The van der Waals surface area contributed by atoms with Gasteiger partial charge in [-0.3, -0.25) is 91.7 Å². The number of H-pyrrole nitrogens is 1. The van der Waals surface area contributed by atoms with Crippen molar-refractivity contribution in [3.63, 3.8) is 0 Å². The number of hydrogen-bond donors (Lipinski definition) is 26. The molecule has 6 rings (SSSR count). The van der Waals surface area contributed by atoms with E-state index in [9.17, 15) is 83.1 Å². The van der Waals surface area contributed by atoms with Crippen molar-refractivity contribution in [2.75, 3.05) is 37.7 Å². The van der Waals surface area contributed by atoms with Crippen LogP contribution in [0, 0.1) is 23.2 Å². The zero-order valence-electron chi connectivity index (χ0n) is 74.4. The Morgan fingerprint density at radius 2 is 0.797 bits per heavy atom. The van der Waals surface area contributed by atoms with E-state index in [4.69, 9.17) is 22.6 Å². The molecule has 5 aromatic rings. The van der Waals surface area contributed by atoms with E-state index in [1.54, 1.807) is 41.5 Å². The third kappa shape index (κ3) is 38.9. The van der Waals surface area contributed by atoms with Crippen LogP contribution >= 0.6 is 11.8 Å². The molecule has 13 atom stereocenters. The minimum Gasteiger partial charge on any atom is -0.508 e. The van der Waals surface area contributed by atoms with Crippen LogP contribution in [0.3, 0.4) is 0 Å². The van der Waals surface area contributed by atoms with Crippen molar-refractivity contribution >= 4 is 124 Å². The Morgan fingerprint density at radius 1 is 0.436 bits per heavy atom. The van der Waals surface area contributed by atoms with Crippen LogP contribution < -0.4 is 102 Å². The SMILES string of the molecule is CC[C@H](C)[C@@H]1NC(=O)[C@H](CCCNC(=N)N)NC(=O)[C@H](Cc2ccc(O)cc2)NC(=O)[C@H](Cc2ccc(O)cc2)NC(=O)[C@H](CCC(N)=O)NC(=O)[C@H](Cc2c[nH]cn2)NC(=O)[C@H](Cc2ccc(O)cc2)NC(=O)CSC[C@@H](C(=O)NCC(N)=O)NC(=O)CNC(=O)[C@H](CC(C)C)NC(=O)[C@H](CCC(=O)O)NC(=O)CNC(=O)[C@H](Cc2ccc(O)cc2)NC(=O)[C@H](CC(C)C)NC1=O. The number of amides is 17. The highest BCUT2D eigenvalue weighted by Gasteiger charge is 2.39. The summed E-state index contributed by atoms with van der Waals surface area (Å²) in [7, 11) is 0. The molecule has 45 nitrogen and oxygen atoms in total. The number of nitrogens with two attached hydrogens (primary N) is 3. The molecule has 0 radical (unpaired) electrons. The highest BCUT2D eigenvalue weighted by atomic mass is 32.2. The quantitative estimate of drug-likeness (QED) is 0.0122. The first-order valence-electron chi connectivity index (χ1n) is 43.0. The summed E-state index contributed by atoms with van der Waals surface area (Å²) in [5.74, 6) is -22.9. The van der Waals surface area contributed by atoms with E-state index in [0.717, 1.165) is 0 Å². The minimum absolute atomic E-state index is 0.0141. The summed E-state index contributed by atoms with van der Waals surface area (Å²) in [6.45, 7) is 7.40. The van der Waals surface area contributed by atoms with Crippen LogP contribution in [0.1, 0.15) is 127 Å². The first kappa shape index (κ1) is 107. The molecule has 0 saturated carbocycles. The van der Waals surface area contributed by atoms with Gasteiger partial charge in [0.15, 0.2) is 5.96 Å². The largest absolute Gasteiger partial charge is 0.508 e. The van der Waals surface area contributed by atoms with Crippen molar-refractivity contribution in [1.82, 2.24) is 95.0 Å². The van der Waals surface area contributed by atoms with Gasteiger partial charge < -0.3 is 133 Å². The Labute approximate surface area is 769 Å². The van der Waals surface area contributed by atoms with Gasteiger partial charge in [0.2, 0.25) is 100 Å². The number of nitrogens with zero attached hydrogens (tertiary/aromatic N) is 1. The van der Waals surface area contributed by atoms with Crippen molar-refractivity contribution in [2.24, 2.45) is 35.0 Å². The lowest BCUT2D eigenvalue weighted by Gasteiger charge is -2.30. The molecule has 29 N–H and O–H groups in total. The van der Waals surface area contributed by atoms with Gasteiger partial charge in [-0.1, -0.05) is 96.5 Å². The smallest absolute Gasteiger partial charge is 0.303 e. The number of aromatic nitrogens is 2. The second-order valence-electron chi connectivity index (χ2n) is 32.8. The van der Waals surface area contributed by atoms with Crippen molar-refractivity contribution in [1.29, 1.82) is 5.41 Å². The molecule has 1 aromatic heterocycles. The number of primary amides is 2. The highest BCUT2D eigenvalue weighted by Crippen LogP contribution is 2.21. The van der Waals surface area contributed by atoms with Gasteiger partial charge in [0, 0.05) is 63.4 Å². The number of carbonyl (C=O) groups excluding carboxylic acids is 17. The second kappa shape index (κ2) is 54.1. The normalized spacial score (nSPS) is 22.1. The number of phenolic OH excluding ortho intramolecular Hbond substituents is 4. The predicted molar refractivity (Wildman–Crippen MR) is 481 cm³/mol. The summed E-state index contributed by atoms with van der Waals surface area (Å²) in [6, 6.07) is 1.73. The molecule has 1 aliphatic heterocycles. The fourth-order valence-electron chi connectivity index (χ4n) is 13.6. The number of nitrogens with one attached hydrogen (secondary N) is 18. The minimum atomic E-state index is -1.83. The molecule has 4 aromatic carbocycles. The summed E-state index contributed by atoms with van der Waals surface area (Å²) in [5.41, 5.74) is 18.0. The third-order valence-electron chi connectivity index (χ3n) is 20.8. The van der Waals surface area contributed by atoms with E-state index < -0.39 is 267 Å². The lowest BCUT2D eigenvalue weighted by Crippen LogP contribution is -2.62. The lowest BCUT2D eigenvalue weighted by molar-refractivity contribution is -0.138. The van der Waals surface area contributed by atoms with Gasteiger partial charge >= 0.3 is 5.97 Å². The summed E-state index contributed by atoms with van der Waals surface area (Å²) in [4.78, 5) is 263. The molecule has 1 fully saturated rings. The fraction of sp³-hybridized carbons (Fsp3) is 0.471. The standard InChI is InChI=1S/C87H120N22O23S/c1-7-47(6)74-86(132)108-61(32-46(4)5)81(127)104-62(33-48-10-18-53(110)19-11-48)76(122)96-40-70(116)98-58(27-29-73(119)120)78(124)103-60(31-45(2)3)75(121)95-41-71(117)100-67(77(123)94-39-69(89)115)42-133-43-72(118)99-63(34-49-12-20-54(111)21-13-49)82(128)107-66(37-52-38-92-44-97-52)85(131)102-59(26-28-68(88)114)79(125)105-65(36-51-16-24-56(113)25-17-51)84(130)106-64(35-50-14-22-55(112)23-15-50)83(129)101-57(80(126)109-74)9-8-30-93-87(90)91/h10-25,38,44-47,57-67,74,110-113H,7-9,26-37,39-43H2,1-6H3,(H2,88,114)(H2,89,115)(H,92,97)(H,94,123)(H,95,121)(H,96,122)(H,98,116)(H,99,118)(H,100,117)(H,101,129)(H,102,131)(H,103,124)(H,104,127)(H,105,125)(H,106,130)(H,107,128)(H,108,132)(H,109,126)(H,119,120)(H4,90,91,93)/t47-,57-,58-,59-,60-,61-,62-,63-,64-,65-,66-,67-,74-/m0/s1. The molecule has 17 amide bonds. The molecule has 0 spiro atoms. The molecule has 722 valence electrons. The molecule has 46 heteroatoms. The first-order valence-corrected chi connectivity index (χ1v) is 44.1. The third-order valence-corrected chi connectivity index (χ3v) is 21.8. The van der Waals surface area contributed by atoms with Crippen LogP contribution in [0.4, 0.5) is 0 Å². The number of carbonyl (C=O) groups is 18. The molecule has 2 heterocycles. The van der Waals surface area contributed by atoms with E-state index in [-0.39, 0.29) is 97.6 Å². The topological polar surface area (TPSA) is 731 Å². The van der Waals surface area contributed by atoms with E-state index in [1.165, 1.54) is 110 Å². The lowest BCUT2D eigenvalue weighted by atomic mass is 9.95. The van der Waals surface area contributed by atoms with Crippen LogP contribution in [-0.4, -0.2) is 258 Å². The van der Waals surface area contributed by atoms with E-state index in [2.05, 4.69) is 95.0 Å². The van der Waals surface area contributed by atoms with Crippen molar-refractivity contribution in [2.45, 2.75) is 204 Å². The number of aromatic amines is 1. The van der Waals surface area contributed by atoms with E-state index in [0.29, 0.717) is 28.5 Å². The Morgan fingerprint density at radius 3 is 1.22 bits per heavy atom. The number of aliphatic carboxylic acids is 1. The zero-order valence-corrected chi connectivity index (χ0v) is 75.2. The average Bonchev–Trinajstić information content (AvgIpc) is 1.71. The molecule has 0 aliphatic carbocycles. The van der Waals surface area contributed by atoms with Crippen LogP contribution in [0.15, 0.2) is 110 Å². The number of carboxylic acids is 1. The number of thioether (sulfide) groups is 1.